The number of halogens is 1. The maximum Gasteiger partial charge on any atom is 0.341 e. The van der Waals surface area contributed by atoms with E-state index in [2.05, 4.69) is 13.8 Å². The van der Waals surface area contributed by atoms with E-state index < -0.39 is 17.2 Å². The number of hydrogen-bond acceptors (Lipinski definition) is 5. The first-order valence-electron chi connectivity index (χ1n) is 9.48. The Balaban J connectivity index is 1.97. The van der Waals surface area contributed by atoms with Crippen molar-refractivity contribution in [2.75, 3.05) is 24.6 Å². The highest BCUT2D eigenvalue weighted by Crippen LogP contribution is 2.43. The van der Waals surface area contributed by atoms with E-state index in [0.29, 0.717) is 36.0 Å². The Labute approximate surface area is 161 Å². The van der Waals surface area contributed by atoms with Gasteiger partial charge in [0.25, 0.3) is 0 Å². The molecule has 1 fully saturated rings. The van der Waals surface area contributed by atoms with Crippen LogP contribution in [0.25, 0.3) is 10.9 Å². The summed E-state index contributed by atoms with van der Waals surface area (Å²) in [6.07, 6.45) is 1.33. The molecule has 4 rings (SSSR count). The molecule has 1 aromatic heterocycles. The molecule has 7 nitrogen and oxygen atoms in total. The smallest absolute Gasteiger partial charge is 0.341 e. The Morgan fingerprint density at radius 1 is 1.39 bits per heavy atom. The molecule has 28 heavy (non-hydrogen) atoms. The molecule has 0 radical (unpaired) electrons. The second-order valence-corrected chi connectivity index (χ2v) is 8.15. The van der Waals surface area contributed by atoms with Crippen LogP contribution in [0.4, 0.5) is 10.1 Å². The van der Waals surface area contributed by atoms with Crippen LogP contribution in [0.1, 0.15) is 37.2 Å². The molecule has 0 saturated carbocycles. The van der Waals surface area contributed by atoms with Crippen molar-refractivity contribution in [1.82, 2.24) is 4.57 Å². The predicted molar refractivity (Wildman–Crippen MR) is 104 cm³/mol. The molecule has 2 aliphatic heterocycles. The second-order valence-electron chi connectivity index (χ2n) is 8.15. The van der Waals surface area contributed by atoms with Crippen molar-refractivity contribution in [3.63, 3.8) is 0 Å². The SMILES string of the molecule is CC(C)[C@@H]1CN(c2c(F)cc3c(=O)c(C(=O)O)cn4c3c2OC[C@@H]4C)C[C@H]1N. The number of carboxylic acids is 1. The summed E-state index contributed by atoms with van der Waals surface area (Å²) >= 11 is 0. The number of rotatable bonds is 3. The summed E-state index contributed by atoms with van der Waals surface area (Å²) in [6, 6.07) is 0.868. The highest BCUT2D eigenvalue weighted by atomic mass is 19.1. The fraction of sp³-hybridized carbons (Fsp3) is 0.500. The summed E-state index contributed by atoms with van der Waals surface area (Å²) in [5, 5.41) is 9.38. The largest absolute Gasteiger partial charge is 0.487 e. The van der Waals surface area contributed by atoms with E-state index >= 15 is 4.39 Å². The summed E-state index contributed by atoms with van der Waals surface area (Å²) in [7, 11) is 0. The lowest BCUT2D eigenvalue weighted by Gasteiger charge is -2.31. The number of ether oxygens (including phenoxy) is 1. The van der Waals surface area contributed by atoms with Crippen LogP contribution in [0.15, 0.2) is 17.1 Å². The van der Waals surface area contributed by atoms with Gasteiger partial charge in [0.05, 0.1) is 16.9 Å². The van der Waals surface area contributed by atoms with E-state index in [-0.39, 0.29) is 35.6 Å². The van der Waals surface area contributed by atoms with Crippen molar-refractivity contribution < 1.29 is 19.0 Å². The Kier molecular flexibility index (Phi) is 4.33. The monoisotopic (exact) mass is 389 g/mol. The molecular formula is C20H24FN3O4. The highest BCUT2D eigenvalue weighted by Gasteiger charge is 2.37. The zero-order chi connectivity index (χ0) is 20.3. The summed E-state index contributed by atoms with van der Waals surface area (Å²) in [5.74, 6) is -1.05. The Morgan fingerprint density at radius 3 is 2.71 bits per heavy atom. The summed E-state index contributed by atoms with van der Waals surface area (Å²) in [4.78, 5) is 26.0. The van der Waals surface area contributed by atoms with E-state index in [1.165, 1.54) is 6.20 Å². The number of pyridine rings is 1. The normalized spacial score (nSPS) is 24.1. The molecule has 0 unspecified atom stereocenters. The first kappa shape index (κ1) is 18.7. The third-order valence-corrected chi connectivity index (χ3v) is 5.96. The van der Waals surface area contributed by atoms with Crippen LogP contribution < -0.4 is 20.8 Å². The van der Waals surface area contributed by atoms with Crippen molar-refractivity contribution in [1.29, 1.82) is 0 Å². The molecule has 1 saturated heterocycles. The molecule has 0 bridgehead atoms. The molecule has 2 aromatic rings. The van der Waals surface area contributed by atoms with Gasteiger partial charge in [-0.3, -0.25) is 4.79 Å². The topological polar surface area (TPSA) is 97.8 Å². The lowest BCUT2D eigenvalue weighted by Crippen LogP contribution is -2.32. The number of nitrogens with zero attached hydrogens (tertiary/aromatic N) is 2. The second kappa shape index (κ2) is 6.48. The quantitative estimate of drug-likeness (QED) is 0.835. The molecule has 3 N–H and O–H groups in total. The van der Waals surface area contributed by atoms with Crippen LogP contribution in [0.3, 0.4) is 0 Å². The Bertz CT molecular complexity index is 1030. The van der Waals surface area contributed by atoms with Crippen LogP contribution in [-0.4, -0.2) is 41.4 Å². The van der Waals surface area contributed by atoms with Gasteiger partial charge in [-0.2, -0.15) is 0 Å². The lowest BCUT2D eigenvalue weighted by atomic mass is 9.92. The molecule has 3 atom stereocenters. The van der Waals surface area contributed by atoms with Gasteiger partial charge in [-0.25, -0.2) is 9.18 Å². The van der Waals surface area contributed by atoms with Crippen LogP contribution >= 0.6 is 0 Å². The summed E-state index contributed by atoms with van der Waals surface area (Å²) in [6.45, 7) is 7.41. The molecule has 0 aliphatic carbocycles. The fourth-order valence-electron chi connectivity index (χ4n) is 4.40. The van der Waals surface area contributed by atoms with Crippen LogP contribution in [0.5, 0.6) is 5.75 Å². The number of carbonyl (C=O) groups is 1. The number of carboxylic acid groups (broad SMARTS) is 1. The van der Waals surface area contributed by atoms with E-state index in [0.717, 1.165) is 6.07 Å². The minimum atomic E-state index is -1.33. The lowest BCUT2D eigenvalue weighted by molar-refractivity contribution is 0.0694. The molecule has 2 aliphatic rings. The van der Waals surface area contributed by atoms with Gasteiger partial charge in [-0.05, 0) is 24.8 Å². The van der Waals surface area contributed by atoms with Gasteiger partial charge < -0.3 is 25.0 Å². The molecule has 150 valence electrons. The average Bonchev–Trinajstić information content (AvgIpc) is 3.00. The van der Waals surface area contributed by atoms with Gasteiger partial charge in [-0.15, -0.1) is 0 Å². The van der Waals surface area contributed by atoms with Crippen molar-refractivity contribution >= 4 is 22.6 Å². The first-order valence-corrected chi connectivity index (χ1v) is 9.48. The predicted octanol–water partition coefficient (Wildman–Crippen LogP) is 2.21. The van der Waals surface area contributed by atoms with E-state index in [9.17, 15) is 14.7 Å². The highest BCUT2D eigenvalue weighted by molar-refractivity contribution is 5.97. The van der Waals surface area contributed by atoms with Gasteiger partial charge in [-0.1, -0.05) is 13.8 Å². The van der Waals surface area contributed by atoms with E-state index in [1.54, 1.807) is 4.57 Å². The summed E-state index contributed by atoms with van der Waals surface area (Å²) in [5.41, 5.74) is 5.94. The Hall–Kier alpha value is -2.61. The number of aromatic nitrogens is 1. The van der Waals surface area contributed by atoms with Gasteiger partial charge >= 0.3 is 5.97 Å². The van der Waals surface area contributed by atoms with Crippen molar-refractivity contribution in [2.24, 2.45) is 17.6 Å². The number of nitrogens with two attached hydrogens (primary N) is 1. The van der Waals surface area contributed by atoms with Crippen LogP contribution in [-0.2, 0) is 0 Å². The van der Waals surface area contributed by atoms with E-state index in [1.807, 2.05) is 11.8 Å². The zero-order valence-electron chi connectivity index (χ0n) is 16.1. The maximum absolute atomic E-state index is 15.2. The van der Waals surface area contributed by atoms with Crippen molar-refractivity contribution in [2.45, 2.75) is 32.9 Å². The molecule has 8 heteroatoms. The number of anilines is 1. The minimum absolute atomic E-state index is 0.0200. The van der Waals surface area contributed by atoms with Crippen LogP contribution in [0, 0.1) is 17.7 Å². The number of benzene rings is 1. The van der Waals surface area contributed by atoms with Gasteiger partial charge in [0, 0.05) is 25.3 Å². The Morgan fingerprint density at radius 2 is 2.11 bits per heavy atom. The van der Waals surface area contributed by atoms with Crippen molar-refractivity contribution in [3.05, 3.63) is 33.9 Å². The molecule has 0 spiro atoms. The standard InChI is InChI=1S/C20H24FN3O4/c1-9(2)12-5-23(7-15(12)22)17-14(21)4-11-16-19(17)28-8-10(3)24(16)6-13(18(11)25)20(26)27/h4,6,9-10,12,15H,5,7-8,22H2,1-3H3,(H,26,27)/t10-,12-,15+/m0/s1. The maximum atomic E-state index is 15.2. The van der Waals surface area contributed by atoms with Crippen molar-refractivity contribution in [3.8, 4) is 5.75 Å². The molecule has 1 aromatic carbocycles. The third kappa shape index (κ3) is 2.66. The average molecular weight is 389 g/mol. The van der Waals surface area contributed by atoms with Gasteiger partial charge in [0.2, 0.25) is 5.43 Å². The summed E-state index contributed by atoms with van der Waals surface area (Å²) < 4.78 is 22.8. The minimum Gasteiger partial charge on any atom is -0.487 e. The molecule has 3 heterocycles. The van der Waals surface area contributed by atoms with Gasteiger partial charge in [0.15, 0.2) is 11.6 Å². The van der Waals surface area contributed by atoms with E-state index in [4.69, 9.17) is 10.5 Å². The third-order valence-electron chi connectivity index (χ3n) is 5.96. The van der Waals surface area contributed by atoms with Crippen LogP contribution in [0.2, 0.25) is 0 Å². The molecule has 0 amide bonds. The van der Waals surface area contributed by atoms with Gasteiger partial charge in [0.1, 0.15) is 17.9 Å². The zero-order valence-corrected chi connectivity index (χ0v) is 16.1. The number of hydrogen-bond donors (Lipinski definition) is 2. The number of aromatic carboxylic acids is 1. The first-order chi connectivity index (χ1) is 13.2. The molecular weight excluding hydrogens is 365 g/mol. The fourth-order valence-corrected chi connectivity index (χ4v) is 4.40.